The molecule has 0 amide bonds. The van der Waals surface area contributed by atoms with Crippen molar-refractivity contribution < 1.29 is 14.2 Å². The zero-order chi connectivity index (χ0) is 21.8. The van der Waals surface area contributed by atoms with E-state index in [9.17, 15) is 0 Å². The minimum absolute atomic E-state index is 0. The Morgan fingerprint density at radius 3 is 2.38 bits per heavy atom. The van der Waals surface area contributed by atoms with Crippen molar-refractivity contribution in [1.82, 2.24) is 15.5 Å². The summed E-state index contributed by atoms with van der Waals surface area (Å²) >= 11 is 0. The molecule has 0 spiro atoms. The topological polar surface area (TPSA) is 67.4 Å². The number of ether oxygens (including phenoxy) is 3. The molecule has 2 aliphatic heterocycles. The number of benzene rings is 1. The van der Waals surface area contributed by atoms with Gasteiger partial charge >= 0.3 is 0 Å². The molecule has 0 atom stereocenters. The SMILES string of the molecule is CCNC(=NCC1(c2ccc(OCC)cc2)CCOCC1)NCCCN1CCOCC1.I. The number of guanidine groups is 1. The summed E-state index contributed by atoms with van der Waals surface area (Å²) in [6.07, 6.45) is 3.07. The Balaban J connectivity index is 0.00000363. The van der Waals surface area contributed by atoms with E-state index < -0.39 is 0 Å². The van der Waals surface area contributed by atoms with Crippen molar-refractivity contribution in [3.63, 3.8) is 0 Å². The van der Waals surface area contributed by atoms with Crippen molar-refractivity contribution in [3.05, 3.63) is 29.8 Å². The predicted molar refractivity (Wildman–Crippen MR) is 141 cm³/mol. The van der Waals surface area contributed by atoms with Crippen LogP contribution in [0.1, 0.15) is 38.7 Å². The molecule has 2 heterocycles. The summed E-state index contributed by atoms with van der Waals surface area (Å²) in [6, 6.07) is 8.56. The third-order valence-corrected chi connectivity index (χ3v) is 6.16. The zero-order valence-electron chi connectivity index (χ0n) is 19.7. The lowest BCUT2D eigenvalue weighted by molar-refractivity contribution is 0.0376. The standard InChI is InChI=1S/C24H40N4O3.HI/c1-3-25-23(26-12-5-13-28-14-18-30-19-15-28)27-20-24(10-16-29-17-11-24)21-6-8-22(9-7-21)31-4-2;/h6-9H,3-5,10-20H2,1-2H3,(H2,25,26,27);1H. The van der Waals surface area contributed by atoms with Gasteiger partial charge in [0, 0.05) is 44.8 Å². The number of rotatable bonds is 10. The Kier molecular flexibility index (Phi) is 12.7. The van der Waals surface area contributed by atoms with Gasteiger partial charge in [-0.1, -0.05) is 12.1 Å². The lowest BCUT2D eigenvalue weighted by atomic mass is 9.74. The molecule has 1 aromatic carbocycles. The lowest BCUT2D eigenvalue weighted by Crippen LogP contribution is -2.42. The average Bonchev–Trinajstić information content (AvgIpc) is 2.82. The van der Waals surface area contributed by atoms with Crippen molar-refractivity contribution in [2.75, 3.05) is 72.3 Å². The summed E-state index contributed by atoms with van der Waals surface area (Å²) in [6.45, 7) is 13.8. The molecule has 0 saturated carbocycles. The molecule has 2 N–H and O–H groups in total. The molecule has 32 heavy (non-hydrogen) atoms. The maximum Gasteiger partial charge on any atom is 0.191 e. The molecule has 0 aromatic heterocycles. The van der Waals surface area contributed by atoms with Crippen LogP contribution in [0.2, 0.25) is 0 Å². The second-order valence-electron chi connectivity index (χ2n) is 8.28. The number of halogens is 1. The van der Waals surface area contributed by atoms with Crippen molar-refractivity contribution in [2.45, 2.75) is 38.5 Å². The fourth-order valence-electron chi connectivity index (χ4n) is 4.28. The molecule has 7 nitrogen and oxygen atoms in total. The molecule has 0 bridgehead atoms. The van der Waals surface area contributed by atoms with Gasteiger partial charge in [-0.15, -0.1) is 24.0 Å². The third-order valence-electron chi connectivity index (χ3n) is 6.16. The van der Waals surface area contributed by atoms with E-state index in [1.54, 1.807) is 0 Å². The Labute approximate surface area is 210 Å². The third kappa shape index (κ3) is 8.35. The maximum atomic E-state index is 5.68. The molecule has 3 rings (SSSR count). The molecule has 182 valence electrons. The summed E-state index contributed by atoms with van der Waals surface area (Å²) in [4.78, 5) is 7.47. The van der Waals surface area contributed by atoms with Crippen molar-refractivity contribution in [3.8, 4) is 5.75 Å². The molecule has 8 heteroatoms. The first-order valence-electron chi connectivity index (χ1n) is 11.9. The van der Waals surface area contributed by atoms with Crippen LogP contribution in [0.15, 0.2) is 29.3 Å². The summed E-state index contributed by atoms with van der Waals surface area (Å²) in [5.74, 6) is 1.83. The largest absolute Gasteiger partial charge is 0.494 e. The Bertz CT molecular complexity index is 660. The highest BCUT2D eigenvalue weighted by atomic mass is 127. The van der Waals surface area contributed by atoms with Crippen LogP contribution in [0, 0.1) is 0 Å². The number of hydrogen-bond donors (Lipinski definition) is 2. The number of aliphatic imine (C=N–C) groups is 1. The first kappa shape index (κ1) is 27.1. The lowest BCUT2D eigenvalue weighted by Gasteiger charge is -2.36. The Morgan fingerprint density at radius 2 is 1.72 bits per heavy atom. The average molecular weight is 561 g/mol. The molecular formula is C24H41IN4O3. The van der Waals surface area contributed by atoms with Crippen LogP contribution in [-0.4, -0.2) is 83.2 Å². The zero-order valence-corrected chi connectivity index (χ0v) is 22.1. The molecule has 0 radical (unpaired) electrons. The van der Waals surface area contributed by atoms with E-state index in [0.717, 1.165) is 96.7 Å². The van der Waals surface area contributed by atoms with Gasteiger partial charge in [0.15, 0.2) is 5.96 Å². The van der Waals surface area contributed by atoms with E-state index in [0.29, 0.717) is 6.61 Å². The fraction of sp³-hybridized carbons (Fsp3) is 0.708. The van der Waals surface area contributed by atoms with Crippen LogP contribution in [-0.2, 0) is 14.9 Å². The van der Waals surface area contributed by atoms with Gasteiger partial charge in [-0.25, -0.2) is 0 Å². The second-order valence-corrected chi connectivity index (χ2v) is 8.28. The van der Waals surface area contributed by atoms with Crippen LogP contribution in [0.4, 0.5) is 0 Å². The highest BCUT2D eigenvalue weighted by molar-refractivity contribution is 14.0. The van der Waals surface area contributed by atoms with Gasteiger partial charge in [0.2, 0.25) is 0 Å². The van der Waals surface area contributed by atoms with Crippen molar-refractivity contribution in [2.24, 2.45) is 4.99 Å². The van der Waals surface area contributed by atoms with Crippen LogP contribution in [0.25, 0.3) is 0 Å². The molecule has 2 aliphatic rings. The molecule has 1 aromatic rings. The maximum absolute atomic E-state index is 5.68. The van der Waals surface area contributed by atoms with Crippen LogP contribution in [0.3, 0.4) is 0 Å². The molecule has 2 fully saturated rings. The summed E-state index contributed by atoms with van der Waals surface area (Å²) in [5, 5.41) is 6.93. The fourth-order valence-corrected chi connectivity index (χ4v) is 4.28. The highest BCUT2D eigenvalue weighted by Crippen LogP contribution is 2.36. The highest BCUT2D eigenvalue weighted by Gasteiger charge is 2.34. The van der Waals surface area contributed by atoms with Gasteiger partial charge in [0.05, 0.1) is 26.4 Å². The predicted octanol–water partition coefficient (Wildman–Crippen LogP) is 3.03. The summed E-state index contributed by atoms with van der Waals surface area (Å²) in [7, 11) is 0. The van der Waals surface area contributed by atoms with Gasteiger partial charge in [0.1, 0.15) is 5.75 Å². The number of hydrogen-bond acceptors (Lipinski definition) is 5. The minimum Gasteiger partial charge on any atom is -0.494 e. The van der Waals surface area contributed by atoms with Crippen LogP contribution >= 0.6 is 24.0 Å². The van der Waals surface area contributed by atoms with E-state index in [-0.39, 0.29) is 29.4 Å². The molecule has 0 unspecified atom stereocenters. The van der Waals surface area contributed by atoms with Gasteiger partial charge in [-0.2, -0.15) is 0 Å². The van der Waals surface area contributed by atoms with Gasteiger partial charge in [0.25, 0.3) is 0 Å². The van der Waals surface area contributed by atoms with Crippen molar-refractivity contribution >= 4 is 29.9 Å². The number of morpholine rings is 1. The van der Waals surface area contributed by atoms with E-state index in [1.807, 2.05) is 6.92 Å². The van der Waals surface area contributed by atoms with E-state index >= 15 is 0 Å². The Hall–Kier alpha value is -1.10. The van der Waals surface area contributed by atoms with Crippen LogP contribution < -0.4 is 15.4 Å². The second kappa shape index (κ2) is 14.9. The van der Waals surface area contributed by atoms with Gasteiger partial charge < -0.3 is 24.8 Å². The normalized spacial score (nSPS) is 19.1. The van der Waals surface area contributed by atoms with Gasteiger partial charge in [-0.05, 0) is 57.4 Å². The Morgan fingerprint density at radius 1 is 1.03 bits per heavy atom. The summed E-state index contributed by atoms with van der Waals surface area (Å²) in [5.41, 5.74) is 1.34. The number of nitrogens with one attached hydrogen (secondary N) is 2. The first-order chi connectivity index (χ1) is 15.3. The monoisotopic (exact) mass is 560 g/mol. The molecular weight excluding hydrogens is 519 g/mol. The van der Waals surface area contributed by atoms with E-state index in [4.69, 9.17) is 19.2 Å². The first-order valence-corrected chi connectivity index (χ1v) is 11.9. The van der Waals surface area contributed by atoms with E-state index in [2.05, 4.69) is 46.7 Å². The smallest absolute Gasteiger partial charge is 0.191 e. The van der Waals surface area contributed by atoms with Gasteiger partial charge in [-0.3, -0.25) is 9.89 Å². The quantitative estimate of drug-likeness (QED) is 0.199. The minimum atomic E-state index is 0. The van der Waals surface area contributed by atoms with Crippen molar-refractivity contribution in [1.29, 1.82) is 0 Å². The molecule has 0 aliphatic carbocycles. The van der Waals surface area contributed by atoms with Crippen LogP contribution in [0.5, 0.6) is 5.75 Å². The summed E-state index contributed by atoms with van der Waals surface area (Å²) < 4.78 is 16.7. The number of nitrogens with zero attached hydrogens (tertiary/aromatic N) is 2. The van der Waals surface area contributed by atoms with E-state index in [1.165, 1.54) is 5.56 Å². The molecule has 2 saturated heterocycles.